The third-order valence-electron chi connectivity index (χ3n) is 4.98. The number of ether oxygens (including phenoxy) is 1. The normalized spacial score (nSPS) is 20.1. The fraction of sp³-hybridized carbons (Fsp3) is 0.350. The first kappa shape index (κ1) is 18.7. The third-order valence-corrected chi connectivity index (χ3v) is 4.98. The molecule has 0 saturated carbocycles. The summed E-state index contributed by atoms with van der Waals surface area (Å²) in [6.45, 7) is 2.24. The van der Waals surface area contributed by atoms with E-state index in [1.807, 2.05) is 42.5 Å². The molecule has 0 aliphatic carbocycles. The number of carboxylic acid groups (broad SMARTS) is 1. The van der Waals surface area contributed by atoms with Gasteiger partial charge in [-0.2, -0.15) is 0 Å². The van der Waals surface area contributed by atoms with E-state index >= 15 is 0 Å². The topological polar surface area (TPSA) is 91.8 Å². The Labute approximate surface area is 158 Å². The summed E-state index contributed by atoms with van der Waals surface area (Å²) in [5.74, 6) is -0.242. The molecule has 1 aromatic heterocycles. The molecule has 3 rings (SSSR count). The first-order valence-electron chi connectivity index (χ1n) is 8.77. The van der Waals surface area contributed by atoms with Gasteiger partial charge in [-0.3, -0.25) is 9.78 Å². The molecule has 2 atom stereocenters. The number of carbonyl (C=O) groups is 2. The Kier molecular flexibility index (Phi) is 5.30. The van der Waals surface area contributed by atoms with Gasteiger partial charge in [0.2, 0.25) is 0 Å². The number of para-hydroxylation sites is 1. The highest BCUT2D eigenvalue weighted by Gasteiger charge is 2.42. The fourth-order valence-electron chi connectivity index (χ4n) is 3.29. The Morgan fingerprint density at radius 3 is 2.63 bits per heavy atom. The lowest BCUT2D eigenvalue weighted by atomic mass is 9.90. The zero-order chi connectivity index (χ0) is 19.4. The summed E-state index contributed by atoms with van der Waals surface area (Å²) in [5, 5.41) is 12.4. The summed E-state index contributed by atoms with van der Waals surface area (Å²) in [6, 6.07) is 12.1. The smallest absolute Gasteiger partial charge is 0.318 e. The highest BCUT2D eigenvalue weighted by Crippen LogP contribution is 2.32. The number of hydrogen-bond acceptors (Lipinski definition) is 4. The van der Waals surface area contributed by atoms with E-state index in [1.54, 1.807) is 25.1 Å². The maximum Gasteiger partial charge on any atom is 0.318 e. The Balaban J connectivity index is 1.87. The van der Waals surface area contributed by atoms with Crippen LogP contribution in [-0.2, 0) is 4.79 Å². The van der Waals surface area contributed by atoms with Gasteiger partial charge in [0, 0.05) is 24.8 Å². The molecule has 1 aromatic carbocycles. The van der Waals surface area contributed by atoms with E-state index in [4.69, 9.17) is 4.74 Å². The second kappa shape index (κ2) is 7.65. The molecule has 0 radical (unpaired) electrons. The number of carbonyl (C=O) groups excluding carboxylic acids is 1. The minimum absolute atomic E-state index is 0.176. The lowest BCUT2D eigenvalue weighted by Gasteiger charge is -2.25. The zero-order valence-corrected chi connectivity index (χ0v) is 15.4. The minimum Gasteiger partial charge on any atom is -0.496 e. The number of nitrogens with one attached hydrogen (secondary N) is 1. The van der Waals surface area contributed by atoms with E-state index in [1.165, 1.54) is 0 Å². The number of pyridine rings is 1. The number of likely N-dealkylation sites (tertiary alicyclic amines) is 1. The van der Waals surface area contributed by atoms with Crippen molar-refractivity contribution in [2.24, 2.45) is 5.41 Å². The maximum absolute atomic E-state index is 12.9. The van der Waals surface area contributed by atoms with Crippen molar-refractivity contribution < 1.29 is 19.4 Å². The minimum atomic E-state index is -0.914. The van der Waals surface area contributed by atoms with Crippen LogP contribution in [0, 0.1) is 5.41 Å². The molecule has 142 valence electrons. The molecule has 1 fully saturated rings. The molecule has 1 aliphatic heterocycles. The Morgan fingerprint density at radius 2 is 2.00 bits per heavy atom. The van der Waals surface area contributed by atoms with Crippen LogP contribution in [0.5, 0.6) is 5.75 Å². The van der Waals surface area contributed by atoms with Crippen LogP contribution in [0.15, 0.2) is 48.7 Å². The Bertz CT molecular complexity index is 827. The molecule has 2 unspecified atom stereocenters. The predicted octanol–water partition coefficient (Wildman–Crippen LogP) is 2.69. The molecule has 1 aliphatic rings. The van der Waals surface area contributed by atoms with E-state index in [-0.39, 0.29) is 12.6 Å². The third kappa shape index (κ3) is 3.86. The maximum atomic E-state index is 12.9. The molecular weight excluding hydrogens is 346 g/mol. The van der Waals surface area contributed by atoms with Crippen LogP contribution in [0.2, 0.25) is 0 Å². The van der Waals surface area contributed by atoms with Crippen molar-refractivity contribution in [2.45, 2.75) is 19.4 Å². The van der Waals surface area contributed by atoms with Crippen molar-refractivity contribution in [1.29, 1.82) is 0 Å². The average molecular weight is 369 g/mol. The SMILES string of the molecule is COc1ccccc1C(NC(=O)N1CCC(C)(C(=O)O)C1)c1ccccn1. The number of nitrogens with zero attached hydrogens (tertiary/aromatic N) is 2. The fourth-order valence-corrected chi connectivity index (χ4v) is 3.29. The molecule has 2 aromatic rings. The van der Waals surface area contributed by atoms with Crippen molar-refractivity contribution >= 4 is 12.0 Å². The van der Waals surface area contributed by atoms with Crippen LogP contribution in [0.4, 0.5) is 4.79 Å². The van der Waals surface area contributed by atoms with Gasteiger partial charge in [0.1, 0.15) is 11.8 Å². The van der Waals surface area contributed by atoms with Gasteiger partial charge >= 0.3 is 12.0 Å². The van der Waals surface area contributed by atoms with Gasteiger partial charge in [0.25, 0.3) is 0 Å². The molecule has 7 heteroatoms. The monoisotopic (exact) mass is 369 g/mol. The Morgan fingerprint density at radius 1 is 1.26 bits per heavy atom. The lowest BCUT2D eigenvalue weighted by Crippen LogP contribution is -2.42. The molecule has 2 heterocycles. The molecule has 7 nitrogen and oxygen atoms in total. The predicted molar refractivity (Wildman–Crippen MR) is 99.5 cm³/mol. The van der Waals surface area contributed by atoms with E-state index in [2.05, 4.69) is 10.3 Å². The number of benzene rings is 1. The summed E-state index contributed by atoms with van der Waals surface area (Å²) in [4.78, 5) is 30.2. The van der Waals surface area contributed by atoms with Crippen LogP contribution in [0.3, 0.4) is 0 Å². The van der Waals surface area contributed by atoms with Crippen molar-refractivity contribution in [2.75, 3.05) is 20.2 Å². The van der Waals surface area contributed by atoms with Gasteiger partial charge in [0.05, 0.1) is 18.2 Å². The molecule has 2 amide bonds. The number of rotatable bonds is 5. The summed E-state index contributed by atoms with van der Waals surface area (Å²) in [5.41, 5.74) is 0.546. The summed E-state index contributed by atoms with van der Waals surface area (Å²) >= 11 is 0. The highest BCUT2D eigenvalue weighted by molar-refractivity contribution is 5.80. The van der Waals surface area contributed by atoms with Crippen LogP contribution in [0.25, 0.3) is 0 Å². The zero-order valence-electron chi connectivity index (χ0n) is 15.4. The summed E-state index contributed by atoms with van der Waals surface area (Å²) in [7, 11) is 1.58. The second-order valence-electron chi connectivity index (χ2n) is 6.92. The van der Waals surface area contributed by atoms with Crippen LogP contribution in [0.1, 0.15) is 30.6 Å². The molecule has 0 bridgehead atoms. The van der Waals surface area contributed by atoms with Gasteiger partial charge in [0.15, 0.2) is 0 Å². The number of aromatic nitrogens is 1. The van der Waals surface area contributed by atoms with Crippen molar-refractivity contribution in [3.05, 3.63) is 59.9 Å². The van der Waals surface area contributed by atoms with E-state index in [0.29, 0.717) is 24.4 Å². The number of aliphatic carboxylic acids is 1. The van der Waals surface area contributed by atoms with Gasteiger partial charge in [-0.15, -0.1) is 0 Å². The molecular formula is C20H23N3O4. The second-order valence-corrected chi connectivity index (χ2v) is 6.92. The van der Waals surface area contributed by atoms with Gasteiger partial charge in [-0.1, -0.05) is 24.3 Å². The van der Waals surface area contributed by atoms with E-state index < -0.39 is 17.4 Å². The first-order chi connectivity index (χ1) is 12.9. The number of hydrogen-bond donors (Lipinski definition) is 2. The number of urea groups is 1. The summed E-state index contributed by atoms with van der Waals surface area (Å²) < 4.78 is 5.45. The molecule has 1 saturated heterocycles. The Hall–Kier alpha value is -3.09. The highest BCUT2D eigenvalue weighted by atomic mass is 16.5. The van der Waals surface area contributed by atoms with E-state index in [0.717, 1.165) is 5.56 Å². The van der Waals surface area contributed by atoms with Crippen molar-refractivity contribution in [1.82, 2.24) is 15.2 Å². The van der Waals surface area contributed by atoms with Crippen LogP contribution in [-0.4, -0.2) is 47.2 Å². The number of methoxy groups -OCH3 is 1. The number of amides is 2. The van der Waals surface area contributed by atoms with Gasteiger partial charge in [-0.25, -0.2) is 4.79 Å². The molecule has 27 heavy (non-hydrogen) atoms. The molecule has 2 N–H and O–H groups in total. The molecule has 0 spiro atoms. The van der Waals surface area contributed by atoms with E-state index in [9.17, 15) is 14.7 Å². The van der Waals surface area contributed by atoms with Crippen molar-refractivity contribution in [3.63, 3.8) is 0 Å². The average Bonchev–Trinajstić information content (AvgIpc) is 3.10. The summed E-state index contributed by atoms with van der Waals surface area (Å²) in [6.07, 6.45) is 2.10. The van der Waals surface area contributed by atoms with Crippen LogP contribution < -0.4 is 10.1 Å². The van der Waals surface area contributed by atoms with Gasteiger partial charge < -0.3 is 20.1 Å². The van der Waals surface area contributed by atoms with Crippen LogP contribution >= 0.6 is 0 Å². The van der Waals surface area contributed by atoms with Crippen molar-refractivity contribution in [3.8, 4) is 5.75 Å². The lowest BCUT2D eigenvalue weighted by molar-refractivity contribution is -0.147. The largest absolute Gasteiger partial charge is 0.496 e. The standard InChI is InChI=1S/C20H23N3O4/c1-20(18(24)25)10-12-23(13-20)19(26)22-17(15-8-5-6-11-21-15)14-7-3-4-9-16(14)27-2/h3-9,11,17H,10,12-13H2,1-2H3,(H,22,26)(H,24,25). The first-order valence-corrected chi connectivity index (χ1v) is 8.77. The van der Waals surface area contributed by atoms with Gasteiger partial charge in [-0.05, 0) is 31.5 Å². The number of carboxylic acids is 1. The quantitative estimate of drug-likeness (QED) is 0.845.